The molecule has 1 unspecified atom stereocenters. The number of hydrogen-bond acceptors (Lipinski definition) is 4. The summed E-state index contributed by atoms with van der Waals surface area (Å²) >= 11 is 0. The molecule has 24 heavy (non-hydrogen) atoms. The van der Waals surface area contributed by atoms with Crippen LogP contribution in [0.2, 0.25) is 0 Å². The number of nitrogens with zero attached hydrogens (tertiary/aromatic N) is 1. The minimum absolute atomic E-state index is 0.252. The molecule has 0 saturated heterocycles. The van der Waals surface area contributed by atoms with Crippen LogP contribution in [0.4, 0.5) is 0 Å². The Balaban J connectivity index is 1.97. The molecule has 3 aromatic rings. The van der Waals surface area contributed by atoms with Gasteiger partial charge in [0.15, 0.2) is 6.54 Å². The molecule has 0 N–H and O–H groups in total. The van der Waals surface area contributed by atoms with Crippen LogP contribution in [-0.2, 0) is 16.7 Å². The molecule has 0 saturated carbocycles. The fourth-order valence-electron chi connectivity index (χ4n) is 2.74. The van der Waals surface area contributed by atoms with Crippen LogP contribution in [0.5, 0.6) is 0 Å². The molecule has 0 amide bonds. The number of rotatable bonds is 5. The molecule has 5 nitrogen and oxygen atoms in total. The molecule has 1 heterocycles. The molecule has 2 aromatic carbocycles. The van der Waals surface area contributed by atoms with Gasteiger partial charge in [0.25, 0.3) is 5.52 Å². The number of oxazole rings is 1. The molecule has 0 fully saturated rings. The predicted molar refractivity (Wildman–Crippen MR) is 90.4 cm³/mol. The van der Waals surface area contributed by atoms with E-state index >= 15 is 0 Å². The van der Waals surface area contributed by atoms with Gasteiger partial charge in [-0.25, -0.2) is 8.42 Å². The van der Waals surface area contributed by atoms with Gasteiger partial charge in [0.2, 0.25) is 5.58 Å². The molecule has 1 aromatic heterocycles. The molecule has 1 atom stereocenters. The molecule has 0 spiro atoms. The Morgan fingerprint density at radius 1 is 1.12 bits per heavy atom. The van der Waals surface area contributed by atoms with Gasteiger partial charge in [0, 0.05) is 12.5 Å². The van der Waals surface area contributed by atoms with E-state index in [9.17, 15) is 13.0 Å². The molecular formula is C18H19NO4S. The van der Waals surface area contributed by atoms with Crippen molar-refractivity contribution in [1.82, 2.24) is 0 Å². The third kappa shape index (κ3) is 3.34. The monoisotopic (exact) mass is 345 g/mol. The van der Waals surface area contributed by atoms with Crippen molar-refractivity contribution in [3.8, 4) is 11.1 Å². The Morgan fingerprint density at radius 3 is 2.50 bits per heavy atom. The van der Waals surface area contributed by atoms with Gasteiger partial charge < -0.3 is 8.97 Å². The van der Waals surface area contributed by atoms with Crippen molar-refractivity contribution in [3.05, 3.63) is 54.4 Å². The summed E-state index contributed by atoms with van der Waals surface area (Å²) in [5.74, 6) is 0.686. The number of hydrogen-bond donors (Lipinski definition) is 0. The molecule has 0 aliphatic heterocycles. The Hall–Kier alpha value is -2.18. The normalized spacial score (nSPS) is 13.3. The third-order valence-corrected chi connectivity index (χ3v) is 5.47. The van der Waals surface area contributed by atoms with Crippen LogP contribution >= 0.6 is 0 Å². The Bertz CT molecular complexity index is 961. The number of aromatic nitrogens is 1. The minimum Gasteiger partial charge on any atom is -0.748 e. The van der Waals surface area contributed by atoms with Crippen LogP contribution < -0.4 is 4.57 Å². The van der Waals surface area contributed by atoms with E-state index in [1.165, 1.54) is 6.92 Å². The summed E-state index contributed by atoms with van der Waals surface area (Å²) in [4.78, 5) is 0. The van der Waals surface area contributed by atoms with Gasteiger partial charge >= 0.3 is 5.89 Å². The van der Waals surface area contributed by atoms with Crippen molar-refractivity contribution in [1.29, 1.82) is 0 Å². The largest absolute Gasteiger partial charge is 0.748 e. The first-order valence-corrected chi connectivity index (χ1v) is 9.26. The zero-order valence-electron chi connectivity index (χ0n) is 13.6. The summed E-state index contributed by atoms with van der Waals surface area (Å²) in [7, 11) is -4.27. The van der Waals surface area contributed by atoms with Gasteiger partial charge in [-0.3, -0.25) is 0 Å². The van der Waals surface area contributed by atoms with Gasteiger partial charge in [0.1, 0.15) is 0 Å². The maximum atomic E-state index is 11.1. The Labute approximate surface area is 141 Å². The molecule has 3 rings (SSSR count). The van der Waals surface area contributed by atoms with Crippen LogP contribution in [0.3, 0.4) is 0 Å². The SMILES string of the molecule is Cc1oc2ccc(-c3ccccc3)cc2[n+]1CCC(C)S(=O)(=O)[O-]. The van der Waals surface area contributed by atoms with E-state index in [0.29, 0.717) is 12.4 Å². The van der Waals surface area contributed by atoms with E-state index in [0.717, 1.165) is 22.2 Å². The fraction of sp³-hybridized carbons (Fsp3) is 0.278. The summed E-state index contributed by atoms with van der Waals surface area (Å²) in [6.45, 7) is 3.69. The highest BCUT2D eigenvalue weighted by atomic mass is 32.2. The standard InChI is InChI=1S/C18H19NO4S/c1-13(24(20,21)22)10-11-19-14(2)23-18-9-8-16(12-17(18)19)15-6-4-3-5-7-15/h3-9,12-13H,10-11H2,1-2H3. The first kappa shape index (κ1) is 16.7. The predicted octanol–water partition coefficient (Wildman–Crippen LogP) is 3.02. The molecule has 6 heteroatoms. The quantitative estimate of drug-likeness (QED) is 0.526. The van der Waals surface area contributed by atoms with E-state index in [1.54, 1.807) is 0 Å². The lowest BCUT2D eigenvalue weighted by atomic mass is 10.1. The fourth-order valence-corrected chi connectivity index (χ4v) is 3.14. The minimum atomic E-state index is -4.27. The average molecular weight is 345 g/mol. The molecule has 0 bridgehead atoms. The second kappa shape index (κ2) is 6.37. The molecule has 126 valence electrons. The van der Waals surface area contributed by atoms with Crippen LogP contribution in [0.15, 0.2) is 52.9 Å². The van der Waals surface area contributed by atoms with E-state index in [-0.39, 0.29) is 6.42 Å². The van der Waals surface area contributed by atoms with Gasteiger partial charge in [-0.2, -0.15) is 4.57 Å². The lowest BCUT2D eigenvalue weighted by molar-refractivity contribution is -0.683. The first-order valence-electron chi connectivity index (χ1n) is 7.79. The zero-order chi connectivity index (χ0) is 17.3. The van der Waals surface area contributed by atoms with Gasteiger partial charge in [-0.05, 0) is 24.1 Å². The summed E-state index contributed by atoms with van der Waals surface area (Å²) in [5.41, 5.74) is 3.79. The van der Waals surface area contributed by atoms with Gasteiger partial charge in [-0.15, -0.1) is 0 Å². The summed E-state index contributed by atoms with van der Waals surface area (Å²) in [6.07, 6.45) is 0.252. The van der Waals surface area contributed by atoms with Crippen LogP contribution in [0.1, 0.15) is 19.2 Å². The molecule has 0 aliphatic rings. The second-order valence-electron chi connectivity index (χ2n) is 5.91. The summed E-state index contributed by atoms with van der Waals surface area (Å²) < 4.78 is 40.9. The smallest absolute Gasteiger partial charge is 0.344 e. The maximum Gasteiger partial charge on any atom is 0.344 e. The van der Waals surface area contributed by atoms with E-state index in [2.05, 4.69) is 0 Å². The van der Waals surface area contributed by atoms with Crippen molar-refractivity contribution >= 4 is 21.2 Å². The molecular weight excluding hydrogens is 326 g/mol. The van der Waals surface area contributed by atoms with Crippen LogP contribution in [-0.4, -0.2) is 18.2 Å². The lowest BCUT2D eigenvalue weighted by Gasteiger charge is -2.13. The topological polar surface area (TPSA) is 74.2 Å². The average Bonchev–Trinajstić information content (AvgIpc) is 2.87. The highest BCUT2D eigenvalue weighted by Crippen LogP contribution is 2.24. The summed E-state index contributed by atoms with van der Waals surface area (Å²) in [5, 5.41) is -0.924. The van der Waals surface area contributed by atoms with Crippen molar-refractivity contribution < 1.29 is 22.0 Å². The van der Waals surface area contributed by atoms with Crippen molar-refractivity contribution in [2.75, 3.05) is 0 Å². The van der Waals surface area contributed by atoms with Crippen molar-refractivity contribution in [3.63, 3.8) is 0 Å². The molecule has 0 aliphatic carbocycles. The van der Waals surface area contributed by atoms with Crippen molar-refractivity contribution in [2.45, 2.75) is 32.1 Å². The highest BCUT2D eigenvalue weighted by molar-refractivity contribution is 7.86. The lowest BCUT2D eigenvalue weighted by Crippen LogP contribution is -2.37. The maximum absolute atomic E-state index is 11.1. The number of fused-ring (bicyclic) bond motifs is 1. The summed E-state index contributed by atoms with van der Waals surface area (Å²) in [6, 6.07) is 15.9. The van der Waals surface area contributed by atoms with Gasteiger partial charge in [-0.1, -0.05) is 36.4 Å². The number of aryl methyl sites for hydroxylation is 2. The highest BCUT2D eigenvalue weighted by Gasteiger charge is 2.21. The van der Waals surface area contributed by atoms with E-state index in [1.807, 2.05) is 60.0 Å². The second-order valence-corrected chi connectivity index (χ2v) is 7.70. The van der Waals surface area contributed by atoms with E-state index < -0.39 is 15.4 Å². The van der Waals surface area contributed by atoms with Crippen molar-refractivity contribution in [2.24, 2.45) is 0 Å². The van der Waals surface area contributed by atoms with Crippen LogP contribution in [0.25, 0.3) is 22.2 Å². The first-order chi connectivity index (χ1) is 11.4. The number of benzene rings is 2. The Morgan fingerprint density at radius 2 is 1.83 bits per heavy atom. The van der Waals surface area contributed by atoms with Crippen LogP contribution in [0, 0.1) is 6.92 Å². The third-order valence-electron chi connectivity index (χ3n) is 4.25. The van der Waals surface area contributed by atoms with Gasteiger partial charge in [0.05, 0.1) is 22.3 Å². The zero-order valence-corrected chi connectivity index (χ0v) is 14.4. The Kier molecular flexibility index (Phi) is 4.43. The van der Waals surface area contributed by atoms with E-state index in [4.69, 9.17) is 4.42 Å². The molecule has 0 radical (unpaired) electrons.